The lowest BCUT2D eigenvalue weighted by Crippen LogP contribution is -2.35. The molecule has 2 heterocycles. The van der Waals surface area contributed by atoms with E-state index in [1.165, 1.54) is 0 Å². The number of aryl methyl sites for hydroxylation is 2. The summed E-state index contributed by atoms with van der Waals surface area (Å²) in [6.45, 7) is 0.767. The van der Waals surface area contributed by atoms with E-state index in [9.17, 15) is 9.90 Å². The fraction of sp³-hybridized carbons (Fsp3) is 0.300. The van der Waals surface area contributed by atoms with Crippen molar-refractivity contribution in [3.8, 4) is 0 Å². The molecular formula is C20H22N5O2+. The molecule has 0 radical (unpaired) electrons. The minimum atomic E-state index is -0.764. The number of aromatic nitrogens is 2. The van der Waals surface area contributed by atoms with Gasteiger partial charge in [-0.3, -0.25) is 0 Å². The van der Waals surface area contributed by atoms with E-state index in [4.69, 9.17) is 0 Å². The van der Waals surface area contributed by atoms with E-state index in [1.807, 2.05) is 64.5 Å². The summed E-state index contributed by atoms with van der Waals surface area (Å²) < 4.78 is 4.02. The van der Waals surface area contributed by atoms with E-state index in [-0.39, 0.29) is 0 Å². The summed E-state index contributed by atoms with van der Waals surface area (Å²) in [5.74, 6) is -0.00898. The van der Waals surface area contributed by atoms with Gasteiger partial charge in [0.15, 0.2) is 0 Å². The summed E-state index contributed by atoms with van der Waals surface area (Å²) >= 11 is 0. The number of carbonyl (C=O) groups is 1. The third-order valence-electron chi connectivity index (χ3n) is 5.18. The number of carboxylic acids is 1. The van der Waals surface area contributed by atoms with Gasteiger partial charge in [0.25, 0.3) is 0 Å². The van der Waals surface area contributed by atoms with Crippen LogP contribution in [0.4, 0.5) is 17.3 Å². The topological polar surface area (TPSA) is 74.1 Å². The molecule has 1 unspecified atom stereocenters. The van der Waals surface area contributed by atoms with E-state index in [1.54, 1.807) is 0 Å². The van der Waals surface area contributed by atoms with Crippen LogP contribution in [0.15, 0.2) is 58.8 Å². The molecule has 138 valence electrons. The molecule has 1 atom stereocenters. The van der Waals surface area contributed by atoms with E-state index in [0.717, 1.165) is 41.3 Å². The Morgan fingerprint density at radius 2 is 1.89 bits per heavy atom. The van der Waals surface area contributed by atoms with Crippen molar-refractivity contribution in [2.75, 3.05) is 11.4 Å². The van der Waals surface area contributed by atoms with Crippen molar-refractivity contribution in [2.45, 2.75) is 18.9 Å². The Kier molecular flexibility index (Phi) is 4.35. The summed E-state index contributed by atoms with van der Waals surface area (Å²) in [5, 5.41) is 18.1. The molecule has 4 rings (SSSR count). The van der Waals surface area contributed by atoms with Gasteiger partial charge in [0.05, 0.1) is 14.1 Å². The summed E-state index contributed by atoms with van der Waals surface area (Å²) in [5.41, 5.74) is 3.83. The summed E-state index contributed by atoms with van der Waals surface area (Å²) in [7, 11) is 3.94. The standard InChI is InChI=1S/C20H21N5O2/c1-23-16-6-3-4-7-17(16)24(2)20(23)22-21-14-9-11-15(12-10-14)25-13-5-8-18(25)19(26)27/h3-4,6-7,9-12,18H,5,8,13H2,1-2H3/p+1. The monoisotopic (exact) mass is 364 g/mol. The predicted octanol–water partition coefficient (Wildman–Crippen LogP) is 3.47. The molecule has 1 N–H and O–H groups in total. The first-order valence-corrected chi connectivity index (χ1v) is 9.01. The smallest absolute Gasteiger partial charge is 0.422 e. The van der Waals surface area contributed by atoms with Gasteiger partial charge in [0.2, 0.25) is 0 Å². The van der Waals surface area contributed by atoms with Crippen molar-refractivity contribution in [1.29, 1.82) is 0 Å². The largest absolute Gasteiger partial charge is 0.480 e. The highest BCUT2D eigenvalue weighted by atomic mass is 16.4. The van der Waals surface area contributed by atoms with Crippen molar-refractivity contribution < 1.29 is 14.5 Å². The predicted molar refractivity (Wildman–Crippen MR) is 103 cm³/mol. The third kappa shape index (κ3) is 3.05. The second kappa shape index (κ2) is 6.83. The Labute approximate surface area is 157 Å². The summed E-state index contributed by atoms with van der Waals surface area (Å²) in [4.78, 5) is 13.3. The van der Waals surface area contributed by atoms with Crippen LogP contribution >= 0.6 is 0 Å². The van der Waals surface area contributed by atoms with Crippen LogP contribution in [-0.4, -0.2) is 28.2 Å². The number of benzene rings is 2. The SMILES string of the molecule is Cn1c(N=Nc2ccc(N3CCCC3C(=O)O)cc2)[n+](C)c2ccccc21. The number of aliphatic carboxylic acids is 1. The van der Waals surface area contributed by atoms with Gasteiger partial charge in [-0.25, -0.2) is 13.9 Å². The lowest BCUT2D eigenvalue weighted by Gasteiger charge is -2.23. The average Bonchev–Trinajstić information content (AvgIpc) is 3.26. The fourth-order valence-corrected chi connectivity index (χ4v) is 3.75. The fourth-order valence-electron chi connectivity index (χ4n) is 3.75. The first-order chi connectivity index (χ1) is 13.1. The molecule has 0 bridgehead atoms. The van der Waals surface area contributed by atoms with E-state index in [2.05, 4.69) is 22.4 Å². The number of rotatable bonds is 4. The maximum absolute atomic E-state index is 11.4. The Bertz CT molecular complexity index is 984. The highest BCUT2D eigenvalue weighted by molar-refractivity contribution is 5.79. The molecule has 1 fully saturated rings. The van der Waals surface area contributed by atoms with Crippen LogP contribution in [-0.2, 0) is 18.9 Å². The van der Waals surface area contributed by atoms with Crippen LogP contribution in [0.25, 0.3) is 11.0 Å². The first kappa shape index (κ1) is 17.2. The van der Waals surface area contributed by atoms with Gasteiger partial charge in [-0.1, -0.05) is 17.2 Å². The lowest BCUT2D eigenvalue weighted by atomic mass is 10.2. The third-order valence-corrected chi connectivity index (χ3v) is 5.18. The second-order valence-corrected chi connectivity index (χ2v) is 6.81. The highest BCUT2D eigenvalue weighted by Crippen LogP contribution is 2.28. The molecule has 27 heavy (non-hydrogen) atoms. The van der Waals surface area contributed by atoms with Crippen molar-refractivity contribution >= 4 is 34.3 Å². The summed E-state index contributed by atoms with van der Waals surface area (Å²) in [6, 6.07) is 15.3. The van der Waals surface area contributed by atoms with Gasteiger partial charge in [0, 0.05) is 17.3 Å². The lowest BCUT2D eigenvalue weighted by molar-refractivity contribution is -0.632. The quantitative estimate of drug-likeness (QED) is 0.569. The zero-order valence-corrected chi connectivity index (χ0v) is 15.4. The van der Waals surface area contributed by atoms with E-state index in [0.29, 0.717) is 6.42 Å². The first-order valence-electron chi connectivity index (χ1n) is 9.01. The molecule has 0 spiro atoms. The van der Waals surface area contributed by atoms with Crippen molar-refractivity contribution in [1.82, 2.24) is 4.57 Å². The van der Waals surface area contributed by atoms with Crippen LogP contribution in [0.3, 0.4) is 0 Å². The van der Waals surface area contributed by atoms with Crippen LogP contribution in [0.1, 0.15) is 12.8 Å². The maximum atomic E-state index is 11.4. The molecule has 1 saturated heterocycles. The van der Waals surface area contributed by atoms with Gasteiger partial charge in [0.1, 0.15) is 22.8 Å². The van der Waals surface area contributed by atoms with Gasteiger partial charge in [-0.15, -0.1) is 0 Å². The normalized spacial score (nSPS) is 17.3. The minimum absolute atomic E-state index is 0.438. The zero-order chi connectivity index (χ0) is 19.0. The molecule has 3 aromatic rings. The molecule has 1 aliphatic rings. The Hall–Kier alpha value is -3.22. The van der Waals surface area contributed by atoms with Crippen LogP contribution in [0, 0.1) is 0 Å². The van der Waals surface area contributed by atoms with Crippen molar-refractivity contribution in [3.63, 3.8) is 0 Å². The van der Waals surface area contributed by atoms with Crippen molar-refractivity contribution in [3.05, 3.63) is 48.5 Å². The molecule has 7 nitrogen and oxygen atoms in total. The van der Waals surface area contributed by atoms with Crippen LogP contribution in [0.2, 0.25) is 0 Å². The number of hydrogen-bond donors (Lipinski definition) is 1. The average molecular weight is 364 g/mol. The second-order valence-electron chi connectivity index (χ2n) is 6.81. The number of hydrogen-bond acceptors (Lipinski definition) is 4. The van der Waals surface area contributed by atoms with Gasteiger partial charge in [-0.2, -0.15) is 0 Å². The number of fused-ring (bicyclic) bond motifs is 1. The minimum Gasteiger partial charge on any atom is -0.480 e. The van der Waals surface area contributed by atoms with E-state index < -0.39 is 12.0 Å². The summed E-state index contributed by atoms with van der Waals surface area (Å²) in [6.07, 6.45) is 1.59. The highest BCUT2D eigenvalue weighted by Gasteiger charge is 2.30. The molecule has 0 aliphatic carbocycles. The number of para-hydroxylation sites is 2. The van der Waals surface area contributed by atoms with Gasteiger partial charge >= 0.3 is 11.9 Å². The molecule has 0 saturated carbocycles. The zero-order valence-electron chi connectivity index (χ0n) is 15.4. The number of carboxylic acid groups (broad SMARTS) is 1. The van der Waals surface area contributed by atoms with Gasteiger partial charge in [-0.05, 0) is 49.2 Å². The Morgan fingerprint density at radius 1 is 1.15 bits per heavy atom. The van der Waals surface area contributed by atoms with E-state index >= 15 is 0 Å². The van der Waals surface area contributed by atoms with Crippen molar-refractivity contribution in [2.24, 2.45) is 24.3 Å². The maximum Gasteiger partial charge on any atom is 0.422 e. The molecular weight excluding hydrogens is 342 g/mol. The van der Waals surface area contributed by atoms with Crippen LogP contribution < -0.4 is 9.47 Å². The van der Waals surface area contributed by atoms with Gasteiger partial charge < -0.3 is 10.0 Å². The molecule has 7 heteroatoms. The number of nitrogens with zero attached hydrogens (tertiary/aromatic N) is 5. The molecule has 0 amide bonds. The Morgan fingerprint density at radius 3 is 2.59 bits per heavy atom. The molecule has 1 aromatic heterocycles. The van der Waals surface area contributed by atoms with Crippen LogP contribution in [0.5, 0.6) is 0 Å². The Balaban J connectivity index is 1.58. The molecule has 2 aromatic carbocycles. The molecule has 1 aliphatic heterocycles. The number of imidazole rings is 1. The number of anilines is 1. The number of azo groups is 1.